The molecule has 1 fully saturated rings. The van der Waals surface area contributed by atoms with Crippen LogP contribution >= 0.6 is 0 Å². The number of ether oxygens (including phenoxy) is 2. The molecule has 5 nitrogen and oxygen atoms in total. The molecular formula is C17H15F3N2O3. The van der Waals surface area contributed by atoms with Crippen molar-refractivity contribution < 1.29 is 27.4 Å². The quantitative estimate of drug-likeness (QED) is 0.849. The molecule has 1 amide bonds. The van der Waals surface area contributed by atoms with E-state index in [0.29, 0.717) is 24.4 Å². The molecule has 1 saturated heterocycles. The minimum absolute atomic E-state index is 0.103. The SMILES string of the molecule is COc1cccc(C(=O)N2CC(Oc3ccc(C(F)(F)F)cn3)C2)c1. The Morgan fingerprint density at radius 3 is 2.60 bits per heavy atom. The van der Waals surface area contributed by atoms with Crippen molar-refractivity contribution in [2.24, 2.45) is 0 Å². The third-order valence-electron chi connectivity index (χ3n) is 3.80. The van der Waals surface area contributed by atoms with E-state index in [1.54, 1.807) is 29.2 Å². The van der Waals surface area contributed by atoms with Crippen molar-refractivity contribution in [3.8, 4) is 11.6 Å². The summed E-state index contributed by atoms with van der Waals surface area (Å²) in [6.07, 6.45) is -3.99. The molecule has 0 atom stereocenters. The summed E-state index contributed by atoms with van der Waals surface area (Å²) in [7, 11) is 1.52. The van der Waals surface area contributed by atoms with E-state index in [2.05, 4.69) is 4.98 Å². The van der Waals surface area contributed by atoms with Gasteiger partial charge in [-0.2, -0.15) is 13.2 Å². The van der Waals surface area contributed by atoms with E-state index in [1.165, 1.54) is 13.2 Å². The zero-order valence-corrected chi connectivity index (χ0v) is 13.3. The van der Waals surface area contributed by atoms with E-state index in [1.807, 2.05) is 0 Å². The van der Waals surface area contributed by atoms with Crippen LogP contribution in [0.5, 0.6) is 11.6 Å². The molecule has 2 aromatic rings. The van der Waals surface area contributed by atoms with Gasteiger partial charge in [-0.15, -0.1) is 0 Å². The Hall–Kier alpha value is -2.77. The first-order valence-corrected chi connectivity index (χ1v) is 7.50. The third kappa shape index (κ3) is 3.84. The summed E-state index contributed by atoms with van der Waals surface area (Å²) < 4.78 is 48.0. The number of hydrogen-bond donors (Lipinski definition) is 0. The lowest BCUT2D eigenvalue weighted by atomic mass is 10.1. The highest BCUT2D eigenvalue weighted by Gasteiger charge is 2.34. The Morgan fingerprint density at radius 1 is 1.24 bits per heavy atom. The normalized spacial score (nSPS) is 14.8. The topological polar surface area (TPSA) is 51.7 Å². The molecule has 3 rings (SSSR count). The molecule has 0 saturated carbocycles. The van der Waals surface area contributed by atoms with E-state index >= 15 is 0 Å². The van der Waals surface area contributed by atoms with Gasteiger partial charge in [0.25, 0.3) is 5.91 Å². The molecule has 0 spiro atoms. The molecule has 0 N–H and O–H groups in total. The minimum Gasteiger partial charge on any atom is -0.497 e. The first-order valence-electron chi connectivity index (χ1n) is 7.50. The van der Waals surface area contributed by atoms with Crippen LogP contribution in [0.4, 0.5) is 13.2 Å². The number of rotatable bonds is 4. The maximum Gasteiger partial charge on any atom is 0.417 e. The Bertz CT molecular complexity index is 756. The zero-order valence-electron chi connectivity index (χ0n) is 13.3. The van der Waals surface area contributed by atoms with Gasteiger partial charge in [-0.1, -0.05) is 6.07 Å². The number of carbonyl (C=O) groups excluding carboxylic acids is 1. The van der Waals surface area contributed by atoms with E-state index in [-0.39, 0.29) is 17.9 Å². The van der Waals surface area contributed by atoms with Crippen molar-refractivity contribution in [2.45, 2.75) is 12.3 Å². The lowest BCUT2D eigenvalue weighted by Gasteiger charge is -2.38. The summed E-state index contributed by atoms with van der Waals surface area (Å²) in [4.78, 5) is 17.6. The highest BCUT2D eigenvalue weighted by atomic mass is 19.4. The van der Waals surface area contributed by atoms with Gasteiger partial charge in [0.2, 0.25) is 5.88 Å². The number of aromatic nitrogens is 1. The third-order valence-corrected chi connectivity index (χ3v) is 3.80. The molecule has 25 heavy (non-hydrogen) atoms. The minimum atomic E-state index is -4.43. The van der Waals surface area contributed by atoms with Gasteiger partial charge in [-0.25, -0.2) is 4.98 Å². The first kappa shape index (κ1) is 17.1. The number of benzene rings is 1. The summed E-state index contributed by atoms with van der Waals surface area (Å²) in [6.45, 7) is 0.692. The summed E-state index contributed by atoms with van der Waals surface area (Å²) in [5.41, 5.74) is -0.325. The van der Waals surface area contributed by atoms with Crippen LogP contribution < -0.4 is 9.47 Å². The molecule has 1 aromatic heterocycles. The smallest absolute Gasteiger partial charge is 0.417 e. The Morgan fingerprint density at radius 2 is 2.00 bits per heavy atom. The standard InChI is InChI=1S/C17H15F3N2O3/c1-24-13-4-2-3-11(7-13)16(23)22-9-14(10-22)25-15-6-5-12(8-21-15)17(18,19)20/h2-8,14H,9-10H2,1H3. The second-order valence-electron chi connectivity index (χ2n) is 5.56. The van der Waals surface area contributed by atoms with Gasteiger partial charge < -0.3 is 14.4 Å². The second kappa shape index (κ2) is 6.62. The van der Waals surface area contributed by atoms with Crippen LogP contribution in [0.3, 0.4) is 0 Å². The number of carbonyl (C=O) groups is 1. The van der Waals surface area contributed by atoms with Crippen LogP contribution in [0, 0.1) is 0 Å². The van der Waals surface area contributed by atoms with Gasteiger partial charge >= 0.3 is 6.18 Å². The van der Waals surface area contributed by atoms with Crippen LogP contribution in [0.25, 0.3) is 0 Å². The van der Waals surface area contributed by atoms with Gasteiger partial charge in [0.05, 0.1) is 25.8 Å². The fourth-order valence-electron chi connectivity index (χ4n) is 2.41. The van der Waals surface area contributed by atoms with E-state index in [4.69, 9.17) is 9.47 Å². The lowest BCUT2D eigenvalue weighted by Crippen LogP contribution is -2.56. The molecule has 1 aromatic carbocycles. The van der Waals surface area contributed by atoms with E-state index in [0.717, 1.165) is 12.3 Å². The summed E-state index contributed by atoms with van der Waals surface area (Å²) in [5.74, 6) is 0.540. The van der Waals surface area contributed by atoms with Crippen molar-refractivity contribution in [3.05, 3.63) is 53.7 Å². The first-order chi connectivity index (χ1) is 11.9. The molecule has 0 bridgehead atoms. The lowest BCUT2D eigenvalue weighted by molar-refractivity contribution is -0.137. The largest absolute Gasteiger partial charge is 0.497 e. The average Bonchev–Trinajstić information content (AvgIpc) is 2.57. The number of methoxy groups -OCH3 is 1. The predicted octanol–water partition coefficient (Wildman–Crippen LogP) is 3.01. The number of pyridine rings is 1. The Kier molecular flexibility index (Phi) is 4.52. The summed E-state index contributed by atoms with van der Waals surface area (Å²) >= 11 is 0. The number of nitrogens with zero attached hydrogens (tertiary/aromatic N) is 2. The van der Waals surface area contributed by atoms with Gasteiger partial charge in [0, 0.05) is 17.8 Å². The zero-order chi connectivity index (χ0) is 18.0. The van der Waals surface area contributed by atoms with Crippen molar-refractivity contribution in [2.75, 3.05) is 20.2 Å². The van der Waals surface area contributed by atoms with Crippen LogP contribution in [-0.2, 0) is 6.18 Å². The number of amides is 1. The molecule has 0 aliphatic carbocycles. The molecule has 8 heteroatoms. The van der Waals surface area contributed by atoms with E-state index < -0.39 is 11.7 Å². The molecule has 132 valence electrons. The number of likely N-dealkylation sites (tertiary alicyclic amines) is 1. The molecule has 1 aliphatic heterocycles. The number of halogens is 3. The van der Waals surface area contributed by atoms with Crippen LogP contribution in [0.1, 0.15) is 15.9 Å². The second-order valence-corrected chi connectivity index (χ2v) is 5.56. The molecule has 0 unspecified atom stereocenters. The van der Waals surface area contributed by atoms with Crippen molar-refractivity contribution in [1.82, 2.24) is 9.88 Å². The van der Waals surface area contributed by atoms with Crippen LogP contribution in [0.2, 0.25) is 0 Å². The molecule has 1 aliphatic rings. The predicted molar refractivity (Wildman–Crippen MR) is 82.6 cm³/mol. The van der Waals surface area contributed by atoms with Gasteiger partial charge in [0.15, 0.2) is 0 Å². The Balaban J connectivity index is 1.55. The molecular weight excluding hydrogens is 337 g/mol. The maximum atomic E-state index is 12.5. The van der Waals surface area contributed by atoms with Gasteiger partial charge in [-0.05, 0) is 24.3 Å². The monoisotopic (exact) mass is 352 g/mol. The van der Waals surface area contributed by atoms with E-state index in [9.17, 15) is 18.0 Å². The van der Waals surface area contributed by atoms with Crippen molar-refractivity contribution >= 4 is 5.91 Å². The summed E-state index contributed by atoms with van der Waals surface area (Å²) in [5, 5.41) is 0. The maximum absolute atomic E-state index is 12.5. The number of alkyl halides is 3. The Labute approximate surface area is 142 Å². The van der Waals surface area contributed by atoms with Gasteiger partial charge in [-0.3, -0.25) is 4.79 Å². The molecule has 0 radical (unpaired) electrons. The van der Waals surface area contributed by atoms with Crippen LogP contribution in [0.15, 0.2) is 42.6 Å². The fourth-order valence-corrected chi connectivity index (χ4v) is 2.41. The highest BCUT2D eigenvalue weighted by Crippen LogP contribution is 2.29. The fraction of sp³-hybridized carbons (Fsp3) is 0.294. The highest BCUT2D eigenvalue weighted by molar-refractivity contribution is 5.95. The number of hydrogen-bond acceptors (Lipinski definition) is 4. The van der Waals surface area contributed by atoms with Crippen molar-refractivity contribution in [1.29, 1.82) is 0 Å². The average molecular weight is 352 g/mol. The van der Waals surface area contributed by atoms with Crippen LogP contribution in [-0.4, -0.2) is 42.1 Å². The molecule has 2 heterocycles. The van der Waals surface area contributed by atoms with Crippen molar-refractivity contribution in [3.63, 3.8) is 0 Å². The summed E-state index contributed by atoms with van der Waals surface area (Å²) in [6, 6.07) is 8.90. The van der Waals surface area contributed by atoms with Gasteiger partial charge in [0.1, 0.15) is 11.9 Å².